The number of aromatic nitrogens is 2. The fraction of sp³-hybridized carbons (Fsp3) is 0.360. The number of benzene rings is 2. The number of nitrogens with zero attached hydrogens (tertiary/aromatic N) is 2. The van der Waals surface area contributed by atoms with E-state index in [1.807, 2.05) is 68.4 Å². The van der Waals surface area contributed by atoms with Crippen LogP contribution in [-0.4, -0.2) is 42.0 Å². The van der Waals surface area contributed by atoms with E-state index in [1.54, 1.807) is 7.11 Å². The van der Waals surface area contributed by atoms with Crippen LogP contribution in [0.1, 0.15) is 43.6 Å². The minimum atomic E-state index is -0.836. The molecule has 3 aromatic rings. The van der Waals surface area contributed by atoms with Crippen molar-refractivity contribution in [3.63, 3.8) is 0 Å². The van der Waals surface area contributed by atoms with Crippen LogP contribution in [-0.2, 0) is 32.7 Å². The van der Waals surface area contributed by atoms with Crippen molar-refractivity contribution < 1.29 is 28.3 Å². The van der Waals surface area contributed by atoms with Gasteiger partial charge in [0.1, 0.15) is 19.0 Å². The Hall–Kier alpha value is -3.88. The summed E-state index contributed by atoms with van der Waals surface area (Å²) in [5.41, 5.74) is 0.970. The molecule has 0 saturated carbocycles. The first-order chi connectivity index (χ1) is 16.3. The van der Waals surface area contributed by atoms with Gasteiger partial charge in [0.05, 0.1) is 25.0 Å². The second-order valence-electron chi connectivity index (χ2n) is 8.32. The van der Waals surface area contributed by atoms with Crippen molar-refractivity contribution in [3.8, 4) is 5.75 Å². The molecule has 0 fully saturated rings. The molecular weight excluding hydrogens is 438 g/mol. The van der Waals surface area contributed by atoms with E-state index in [0.717, 1.165) is 16.9 Å². The summed E-state index contributed by atoms with van der Waals surface area (Å²) in [6, 6.07) is 16.2. The quantitative estimate of drug-likeness (QED) is 0.448. The minimum absolute atomic E-state index is 0.0808. The van der Waals surface area contributed by atoms with Gasteiger partial charge in [0.2, 0.25) is 5.89 Å². The summed E-state index contributed by atoms with van der Waals surface area (Å²) in [5.74, 6) is 1.05. The third-order valence-electron chi connectivity index (χ3n) is 5.36. The van der Waals surface area contributed by atoms with Crippen LogP contribution in [0.4, 0.5) is 4.79 Å². The molecule has 9 heteroatoms. The highest BCUT2D eigenvalue weighted by molar-refractivity contribution is 5.68. The van der Waals surface area contributed by atoms with Gasteiger partial charge in [0.25, 0.3) is 0 Å². The number of ether oxygens (including phenoxy) is 3. The SMILES string of the molecule is COc1cccc(Cc2nc(C(C)(C)[C@@H](COC(C)=O)NC(=O)OCc3ccccc3)no2)c1. The predicted octanol–water partition coefficient (Wildman–Crippen LogP) is 3.80. The number of methoxy groups -OCH3 is 1. The van der Waals surface area contributed by atoms with E-state index in [-0.39, 0.29) is 13.2 Å². The molecule has 0 aliphatic heterocycles. The van der Waals surface area contributed by atoms with E-state index < -0.39 is 23.5 Å². The highest BCUT2D eigenvalue weighted by atomic mass is 16.6. The van der Waals surface area contributed by atoms with Crippen LogP contribution in [0, 0.1) is 0 Å². The molecule has 9 nitrogen and oxygen atoms in total. The lowest BCUT2D eigenvalue weighted by molar-refractivity contribution is -0.142. The maximum absolute atomic E-state index is 12.5. The van der Waals surface area contributed by atoms with Gasteiger partial charge in [-0.15, -0.1) is 0 Å². The van der Waals surface area contributed by atoms with Crippen LogP contribution < -0.4 is 10.1 Å². The second-order valence-corrected chi connectivity index (χ2v) is 8.32. The van der Waals surface area contributed by atoms with Gasteiger partial charge in [-0.05, 0) is 23.3 Å². The molecule has 1 N–H and O–H groups in total. The molecule has 0 aliphatic rings. The average molecular weight is 468 g/mol. The van der Waals surface area contributed by atoms with Crippen molar-refractivity contribution in [1.82, 2.24) is 15.5 Å². The summed E-state index contributed by atoms with van der Waals surface area (Å²) < 4.78 is 21.2. The molecule has 0 aliphatic carbocycles. The number of hydrogen-bond acceptors (Lipinski definition) is 8. The van der Waals surface area contributed by atoms with Gasteiger partial charge in [-0.2, -0.15) is 4.98 Å². The third kappa shape index (κ3) is 6.81. The molecule has 0 radical (unpaired) electrons. The molecule has 180 valence electrons. The molecule has 0 saturated heterocycles. The van der Waals surface area contributed by atoms with Gasteiger partial charge >= 0.3 is 12.1 Å². The number of esters is 1. The predicted molar refractivity (Wildman–Crippen MR) is 123 cm³/mol. The zero-order valence-electron chi connectivity index (χ0n) is 19.7. The van der Waals surface area contributed by atoms with Gasteiger partial charge in [0, 0.05) is 6.92 Å². The molecule has 2 aromatic carbocycles. The van der Waals surface area contributed by atoms with Gasteiger partial charge in [-0.1, -0.05) is 61.5 Å². The Labute approximate surface area is 198 Å². The Bertz CT molecular complexity index is 1100. The van der Waals surface area contributed by atoms with Gasteiger partial charge < -0.3 is 24.1 Å². The zero-order chi connectivity index (χ0) is 24.6. The fourth-order valence-electron chi connectivity index (χ4n) is 3.24. The van der Waals surface area contributed by atoms with E-state index in [4.69, 9.17) is 18.7 Å². The molecule has 3 rings (SSSR count). The zero-order valence-corrected chi connectivity index (χ0v) is 19.7. The number of hydrogen-bond donors (Lipinski definition) is 1. The molecule has 0 bridgehead atoms. The largest absolute Gasteiger partial charge is 0.497 e. The Kier molecular flexibility index (Phi) is 8.24. The average Bonchev–Trinajstić information content (AvgIpc) is 3.30. The number of amides is 1. The number of carbonyl (C=O) groups is 2. The molecular formula is C25H29N3O6. The Morgan fingerprint density at radius 3 is 2.50 bits per heavy atom. The van der Waals surface area contributed by atoms with Crippen LogP contribution in [0.2, 0.25) is 0 Å². The van der Waals surface area contributed by atoms with E-state index >= 15 is 0 Å². The smallest absolute Gasteiger partial charge is 0.407 e. The first-order valence-corrected chi connectivity index (χ1v) is 10.8. The van der Waals surface area contributed by atoms with Crippen LogP contribution in [0.15, 0.2) is 59.1 Å². The van der Waals surface area contributed by atoms with Crippen molar-refractivity contribution in [2.75, 3.05) is 13.7 Å². The van der Waals surface area contributed by atoms with Crippen molar-refractivity contribution in [3.05, 3.63) is 77.4 Å². The summed E-state index contributed by atoms with van der Waals surface area (Å²) in [6.45, 7) is 5.00. The number of alkyl carbamates (subject to hydrolysis) is 1. The van der Waals surface area contributed by atoms with Crippen molar-refractivity contribution in [1.29, 1.82) is 0 Å². The highest BCUT2D eigenvalue weighted by Crippen LogP contribution is 2.26. The molecule has 1 amide bonds. The Balaban J connectivity index is 1.71. The van der Waals surface area contributed by atoms with Gasteiger partial charge in [-0.3, -0.25) is 4.79 Å². The molecule has 1 atom stereocenters. The molecule has 1 aromatic heterocycles. The topological polar surface area (TPSA) is 113 Å². The van der Waals surface area contributed by atoms with Gasteiger partial charge in [0.15, 0.2) is 5.82 Å². The maximum atomic E-state index is 12.5. The van der Waals surface area contributed by atoms with E-state index in [0.29, 0.717) is 18.1 Å². The fourth-order valence-corrected chi connectivity index (χ4v) is 3.24. The summed E-state index contributed by atoms with van der Waals surface area (Å²) in [7, 11) is 1.60. The summed E-state index contributed by atoms with van der Waals surface area (Å²) in [6.07, 6.45) is -0.226. The van der Waals surface area contributed by atoms with Crippen LogP contribution in [0.3, 0.4) is 0 Å². The first-order valence-electron chi connectivity index (χ1n) is 10.8. The highest BCUT2D eigenvalue weighted by Gasteiger charge is 2.38. The van der Waals surface area contributed by atoms with Crippen LogP contribution in [0.5, 0.6) is 5.75 Å². The lowest BCUT2D eigenvalue weighted by atomic mass is 9.84. The minimum Gasteiger partial charge on any atom is -0.497 e. The first kappa shape index (κ1) is 24.8. The molecule has 1 heterocycles. The number of rotatable bonds is 10. The van der Waals surface area contributed by atoms with Gasteiger partial charge in [-0.25, -0.2) is 4.79 Å². The summed E-state index contributed by atoms with van der Waals surface area (Å²) in [4.78, 5) is 28.5. The maximum Gasteiger partial charge on any atom is 0.407 e. The van der Waals surface area contributed by atoms with Crippen LogP contribution >= 0.6 is 0 Å². The van der Waals surface area contributed by atoms with E-state index in [1.165, 1.54) is 6.92 Å². The standard InChI is InChI=1S/C25H29N3O6/c1-17(29)32-16-21(26-24(30)33-15-18-9-6-5-7-10-18)25(2,3)23-27-22(34-28-23)14-19-11-8-12-20(13-19)31-4/h5-13,21H,14-16H2,1-4H3,(H,26,30)/t21-/m1/s1. The molecule has 34 heavy (non-hydrogen) atoms. The second kappa shape index (κ2) is 11.3. The van der Waals surface area contributed by atoms with Crippen molar-refractivity contribution in [2.24, 2.45) is 0 Å². The third-order valence-corrected chi connectivity index (χ3v) is 5.36. The summed E-state index contributed by atoms with van der Waals surface area (Å²) in [5, 5.41) is 6.90. The molecule has 0 spiro atoms. The monoisotopic (exact) mass is 467 g/mol. The normalized spacial score (nSPS) is 12.0. The van der Waals surface area contributed by atoms with Crippen LogP contribution in [0.25, 0.3) is 0 Å². The van der Waals surface area contributed by atoms with Crippen molar-refractivity contribution in [2.45, 2.75) is 45.3 Å². The lowest BCUT2D eigenvalue weighted by Gasteiger charge is -2.31. The van der Waals surface area contributed by atoms with E-state index in [2.05, 4.69) is 15.5 Å². The van der Waals surface area contributed by atoms with E-state index in [9.17, 15) is 9.59 Å². The number of nitrogens with one attached hydrogen (secondary N) is 1. The van der Waals surface area contributed by atoms with Crippen molar-refractivity contribution >= 4 is 12.1 Å². The summed E-state index contributed by atoms with van der Waals surface area (Å²) >= 11 is 0. The lowest BCUT2D eigenvalue weighted by Crippen LogP contribution is -2.51. The molecule has 0 unspecified atom stereocenters. The Morgan fingerprint density at radius 1 is 1.06 bits per heavy atom. The Morgan fingerprint density at radius 2 is 1.79 bits per heavy atom. The number of carbonyl (C=O) groups excluding carboxylic acids is 2.